The number of imidazole rings is 2. The summed E-state index contributed by atoms with van der Waals surface area (Å²) in [6, 6.07) is 15.9. The lowest BCUT2D eigenvalue weighted by Gasteiger charge is -2.30. The first-order valence-electron chi connectivity index (χ1n) is 18.1. The van der Waals surface area contributed by atoms with Crippen molar-refractivity contribution in [3.8, 4) is 33.6 Å². The van der Waals surface area contributed by atoms with Crippen LogP contribution in [0.15, 0.2) is 65.9 Å². The van der Waals surface area contributed by atoms with Crippen LogP contribution in [0.3, 0.4) is 0 Å². The third-order valence-electron chi connectivity index (χ3n) is 10.2. The molecule has 7 rings (SSSR count). The molecule has 4 atom stereocenters. The van der Waals surface area contributed by atoms with Gasteiger partial charge in [-0.05, 0) is 60.8 Å². The van der Waals surface area contributed by atoms with Gasteiger partial charge in [-0.3, -0.25) is 14.6 Å². The number of likely N-dealkylation sites (tertiary alicyclic amines) is 2. The van der Waals surface area contributed by atoms with E-state index < -0.39 is 12.2 Å². The smallest absolute Gasteiger partial charge is 0.405 e. The molecule has 3 aliphatic rings. The van der Waals surface area contributed by atoms with Gasteiger partial charge in [0.05, 0.1) is 42.4 Å². The molecule has 3 aliphatic heterocycles. The van der Waals surface area contributed by atoms with E-state index in [0.29, 0.717) is 24.9 Å². The van der Waals surface area contributed by atoms with Crippen LogP contribution in [0.5, 0.6) is 0 Å². The minimum absolute atomic E-state index is 0.0751. The number of benzene rings is 2. The molecule has 272 valence electrons. The van der Waals surface area contributed by atoms with Crippen molar-refractivity contribution < 1.29 is 19.1 Å². The highest BCUT2D eigenvalue weighted by atomic mass is 16.6. The first-order valence-corrected chi connectivity index (χ1v) is 18.1. The monoisotopic (exact) mass is 706 g/mol. The summed E-state index contributed by atoms with van der Waals surface area (Å²) in [4.78, 5) is 62.2. The van der Waals surface area contributed by atoms with Gasteiger partial charge in [0.25, 0.3) is 5.91 Å². The van der Waals surface area contributed by atoms with Crippen LogP contribution in [-0.2, 0) is 14.3 Å². The van der Waals surface area contributed by atoms with Crippen LogP contribution in [0.2, 0.25) is 0 Å². The number of amides is 3. The van der Waals surface area contributed by atoms with E-state index >= 15 is 0 Å². The Morgan fingerprint density at radius 2 is 1.29 bits per heavy atom. The minimum atomic E-state index is -0.970. The Kier molecular flexibility index (Phi) is 9.97. The zero-order valence-electron chi connectivity index (χ0n) is 29.8. The Labute approximate surface area is 302 Å². The molecule has 2 saturated heterocycles. The second-order valence-corrected chi connectivity index (χ2v) is 14.0. The molecule has 1 unspecified atom stereocenters. The summed E-state index contributed by atoms with van der Waals surface area (Å²) in [5.74, 6) is 2.10. The van der Waals surface area contributed by atoms with Crippen molar-refractivity contribution in [2.75, 3.05) is 26.2 Å². The molecule has 2 aromatic heterocycles. The predicted molar refractivity (Wildman–Crippen MR) is 197 cm³/mol. The van der Waals surface area contributed by atoms with E-state index in [0.717, 1.165) is 78.2 Å². The minimum Gasteiger partial charge on any atom is -0.437 e. The SMILES string of the molecule is CC(C)[C@H](NC1=NCCN1)C(=O)N1CCCC1c1ncc(-c2ccc(-c3ccc(-c4cnc([C@@H]5CCCN5C(=O)[C@H](C)OC(N)=O)[nH]4)cc3)cc2)[nH]1. The molecule has 52 heavy (non-hydrogen) atoms. The summed E-state index contributed by atoms with van der Waals surface area (Å²) in [5, 5.41) is 6.55. The van der Waals surface area contributed by atoms with Crippen molar-refractivity contribution in [1.29, 1.82) is 0 Å². The van der Waals surface area contributed by atoms with Gasteiger partial charge < -0.3 is 40.9 Å². The number of nitrogens with one attached hydrogen (secondary N) is 4. The van der Waals surface area contributed by atoms with Crippen LogP contribution in [0.1, 0.15) is 70.2 Å². The molecule has 6 N–H and O–H groups in total. The molecule has 4 aromatic rings. The van der Waals surface area contributed by atoms with E-state index in [1.165, 1.54) is 6.92 Å². The van der Waals surface area contributed by atoms with Crippen LogP contribution in [0.25, 0.3) is 33.6 Å². The van der Waals surface area contributed by atoms with Gasteiger partial charge in [-0.15, -0.1) is 0 Å². The maximum absolute atomic E-state index is 13.8. The Hall–Kier alpha value is -5.66. The van der Waals surface area contributed by atoms with Gasteiger partial charge in [0.15, 0.2) is 12.1 Å². The first-order chi connectivity index (χ1) is 25.2. The predicted octanol–water partition coefficient (Wildman–Crippen LogP) is 4.52. The van der Waals surface area contributed by atoms with Gasteiger partial charge in [0.1, 0.15) is 17.7 Å². The molecular formula is C38H46N10O4. The molecule has 14 heteroatoms. The molecule has 2 fully saturated rings. The molecule has 5 heterocycles. The Morgan fingerprint density at radius 1 is 0.788 bits per heavy atom. The van der Waals surface area contributed by atoms with Gasteiger partial charge >= 0.3 is 6.09 Å². The largest absolute Gasteiger partial charge is 0.437 e. The molecule has 0 bridgehead atoms. The molecule has 0 radical (unpaired) electrons. The second kappa shape index (κ2) is 14.9. The van der Waals surface area contributed by atoms with Crippen LogP contribution < -0.4 is 16.4 Å². The number of nitrogens with zero attached hydrogens (tertiary/aromatic N) is 5. The van der Waals surface area contributed by atoms with Gasteiger partial charge in [0, 0.05) is 19.6 Å². The maximum Gasteiger partial charge on any atom is 0.405 e. The standard InChI is InChI=1S/C38H46N10O4/c1-22(2)32(46-38-40-16-17-41-38)36(50)48-19-5-7-31(48)34-43-21-29(45-34)27-14-10-25(11-15-27)24-8-12-26(13-9-24)28-20-42-33(44-28)30-6-4-18-47(30)35(49)23(3)52-37(39)51/h8-15,20-23,30-32H,4-7,16-19H2,1-3H3,(H2,39,51)(H,42,44)(H,43,45)(H2,40,41,46)/t23-,30-,31?,32-/m0/s1. The number of ether oxygens (including phenoxy) is 1. The number of guanidine groups is 1. The molecule has 0 aliphatic carbocycles. The van der Waals surface area contributed by atoms with Crippen molar-refractivity contribution in [3.05, 3.63) is 72.6 Å². The van der Waals surface area contributed by atoms with E-state index in [2.05, 4.69) is 80.8 Å². The molecule has 0 saturated carbocycles. The number of primary amides is 1. The van der Waals surface area contributed by atoms with Gasteiger partial charge in [-0.1, -0.05) is 62.4 Å². The molecular weight excluding hydrogens is 660 g/mol. The Bertz CT molecular complexity index is 1930. The van der Waals surface area contributed by atoms with Gasteiger partial charge in [-0.25, -0.2) is 14.8 Å². The molecule has 2 aromatic carbocycles. The summed E-state index contributed by atoms with van der Waals surface area (Å²) in [6.07, 6.45) is 5.10. The average Bonchev–Trinajstić information content (AvgIpc) is 3.99. The highest BCUT2D eigenvalue weighted by molar-refractivity contribution is 5.90. The fourth-order valence-electron chi connectivity index (χ4n) is 7.41. The number of carbonyl (C=O) groups excluding carboxylic acids is 3. The lowest BCUT2D eigenvalue weighted by Crippen LogP contribution is -2.53. The third kappa shape index (κ3) is 7.23. The van der Waals surface area contributed by atoms with Gasteiger partial charge in [-0.2, -0.15) is 0 Å². The number of carbonyl (C=O) groups is 3. The zero-order valence-corrected chi connectivity index (χ0v) is 29.8. The number of H-pyrrole nitrogens is 2. The molecule has 3 amide bonds. The van der Waals surface area contributed by atoms with E-state index in [1.807, 2.05) is 23.2 Å². The fraction of sp³-hybridized carbons (Fsp3) is 0.421. The summed E-state index contributed by atoms with van der Waals surface area (Å²) in [7, 11) is 0. The van der Waals surface area contributed by atoms with Crippen LogP contribution in [-0.4, -0.2) is 91.9 Å². The topological polar surface area (TPSA) is 187 Å². The number of nitrogens with two attached hydrogens (primary N) is 1. The Morgan fingerprint density at radius 3 is 1.75 bits per heavy atom. The van der Waals surface area contributed by atoms with Crippen molar-refractivity contribution in [2.24, 2.45) is 16.6 Å². The summed E-state index contributed by atoms with van der Waals surface area (Å²) < 4.78 is 4.91. The van der Waals surface area contributed by atoms with E-state index in [1.54, 1.807) is 11.1 Å². The fourth-order valence-corrected chi connectivity index (χ4v) is 7.41. The molecule has 0 spiro atoms. The van der Waals surface area contributed by atoms with Crippen molar-refractivity contribution >= 4 is 23.9 Å². The lowest BCUT2D eigenvalue weighted by molar-refractivity contribution is -0.140. The highest BCUT2D eigenvalue weighted by Gasteiger charge is 2.38. The number of rotatable bonds is 10. The van der Waals surface area contributed by atoms with E-state index in [4.69, 9.17) is 15.5 Å². The average molecular weight is 707 g/mol. The number of aliphatic imine (C=N–C) groups is 1. The lowest BCUT2D eigenvalue weighted by atomic mass is 10.0. The summed E-state index contributed by atoms with van der Waals surface area (Å²) >= 11 is 0. The highest BCUT2D eigenvalue weighted by Crippen LogP contribution is 2.35. The number of hydrogen-bond donors (Lipinski definition) is 5. The summed E-state index contributed by atoms with van der Waals surface area (Å²) in [5.41, 5.74) is 11.0. The van der Waals surface area contributed by atoms with Crippen LogP contribution in [0.4, 0.5) is 4.79 Å². The number of aromatic amines is 2. The van der Waals surface area contributed by atoms with Crippen molar-refractivity contribution in [1.82, 2.24) is 40.4 Å². The zero-order chi connectivity index (χ0) is 36.4. The number of hydrogen-bond acceptors (Lipinski definition) is 9. The number of aromatic nitrogens is 4. The molecule has 14 nitrogen and oxygen atoms in total. The second-order valence-electron chi connectivity index (χ2n) is 14.0. The van der Waals surface area contributed by atoms with Crippen LogP contribution >= 0.6 is 0 Å². The van der Waals surface area contributed by atoms with Crippen molar-refractivity contribution in [2.45, 2.75) is 70.7 Å². The van der Waals surface area contributed by atoms with Crippen molar-refractivity contribution in [3.63, 3.8) is 0 Å². The quantitative estimate of drug-likeness (QED) is 0.159. The first kappa shape index (κ1) is 34.8. The van der Waals surface area contributed by atoms with E-state index in [-0.39, 0.29) is 35.9 Å². The normalized spacial score (nSPS) is 19.7. The third-order valence-corrected chi connectivity index (χ3v) is 10.2. The van der Waals surface area contributed by atoms with Gasteiger partial charge in [0.2, 0.25) is 5.91 Å². The van der Waals surface area contributed by atoms with Crippen LogP contribution in [0, 0.1) is 5.92 Å². The Balaban J connectivity index is 0.996. The maximum atomic E-state index is 13.8. The van der Waals surface area contributed by atoms with E-state index in [9.17, 15) is 14.4 Å². The summed E-state index contributed by atoms with van der Waals surface area (Å²) in [6.45, 7) is 8.41.